The molecule has 0 aliphatic carbocycles. The number of aryl methyl sites for hydroxylation is 1. The number of carbonyl (C=O) groups excluding carboxylic acids is 2. The monoisotopic (exact) mass is 401 g/mol. The van der Waals surface area contributed by atoms with Crippen molar-refractivity contribution in [3.63, 3.8) is 0 Å². The molecule has 27 heavy (non-hydrogen) atoms. The van der Waals surface area contributed by atoms with Crippen LogP contribution in [0.3, 0.4) is 0 Å². The third-order valence-corrected chi connectivity index (χ3v) is 6.80. The van der Waals surface area contributed by atoms with Gasteiger partial charge >= 0.3 is 0 Å². The zero-order chi connectivity index (χ0) is 19.6. The minimum atomic E-state index is -0.0904. The number of benzene rings is 1. The van der Waals surface area contributed by atoms with Crippen LogP contribution >= 0.6 is 23.5 Å². The molecule has 0 saturated heterocycles. The Kier molecular flexibility index (Phi) is 6.22. The summed E-state index contributed by atoms with van der Waals surface area (Å²) in [6.07, 6.45) is 1.04. The summed E-state index contributed by atoms with van der Waals surface area (Å²) in [5.74, 6) is 1.37. The van der Waals surface area contributed by atoms with Gasteiger partial charge in [0.25, 0.3) is 0 Å². The number of Topliss-reactive ketones (excluding diaryl/α,β-unsaturated/α-hetero) is 1. The Morgan fingerprint density at radius 3 is 2.56 bits per heavy atom. The van der Waals surface area contributed by atoms with Gasteiger partial charge in [-0.3, -0.25) is 9.59 Å². The predicted molar refractivity (Wildman–Crippen MR) is 111 cm³/mol. The Labute approximate surface area is 168 Å². The fraction of sp³-hybridized carbons (Fsp3) is 0.400. The fourth-order valence-corrected chi connectivity index (χ4v) is 5.61. The van der Waals surface area contributed by atoms with Crippen LogP contribution in [0.2, 0.25) is 0 Å². The molecule has 0 bridgehead atoms. The van der Waals surface area contributed by atoms with Gasteiger partial charge in [-0.25, -0.2) is 9.97 Å². The molecule has 1 aliphatic heterocycles. The molecule has 0 saturated carbocycles. The van der Waals surface area contributed by atoms with E-state index >= 15 is 0 Å². The molecule has 0 spiro atoms. The summed E-state index contributed by atoms with van der Waals surface area (Å²) < 4.78 is 0. The lowest BCUT2D eigenvalue weighted by Gasteiger charge is -2.15. The van der Waals surface area contributed by atoms with Gasteiger partial charge in [-0.2, -0.15) is 0 Å². The van der Waals surface area contributed by atoms with E-state index in [-0.39, 0.29) is 17.4 Å². The predicted octanol–water partition coefficient (Wildman–Crippen LogP) is 4.71. The van der Waals surface area contributed by atoms with Gasteiger partial charge in [0.2, 0.25) is 5.91 Å². The van der Waals surface area contributed by atoms with Crippen LogP contribution in [0, 0.1) is 6.92 Å². The summed E-state index contributed by atoms with van der Waals surface area (Å²) in [6.45, 7) is 7.82. The van der Waals surface area contributed by atoms with Crippen molar-refractivity contribution in [3.05, 3.63) is 41.2 Å². The van der Waals surface area contributed by atoms with E-state index in [0.29, 0.717) is 22.4 Å². The summed E-state index contributed by atoms with van der Waals surface area (Å²) in [5.41, 5.74) is 2.51. The van der Waals surface area contributed by atoms with E-state index < -0.39 is 0 Å². The lowest BCUT2D eigenvalue weighted by Crippen LogP contribution is -2.15. The molecule has 0 radical (unpaired) electrons. The quantitative estimate of drug-likeness (QED) is 0.429. The number of ketones is 1. The van der Waals surface area contributed by atoms with Gasteiger partial charge in [-0.1, -0.05) is 25.6 Å². The molecule has 3 rings (SSSR count). The first-order chi connectivity index (χ1) is 12.9. The highest BCUT2D eigenvalue weighted by Crippen LogP contribution is 2.48. The first-order valence-electron chi connectivity index (χ1n) is 8.97. The minimum absolute atomic E-state index is 0.00833. The van der Waals surface area contributed by atoms with Crippen LogP contribution in [0.5, 0.6) is 0 Å². The van der Waals surface area contributed by atoms with Crippen LogP contribution in [-0.4, -0.2) is 32.7 Å². The number of amides is 1. The third kappa shape index (κ3) is 4.52. The first kappa shape index (κ1) is 19.9. The molecule has 1 aliphatic rings. The number of nitrogens with zero attached hydrogens (tertiary/aromatic N) is 2. The highest BCUT2D eigenvalue weighted by Gasteiger charge is 2.33. The molecule has 7 heteroatoms. The molecule has 0 fully saturated rings. The van der Waals surface area contributed by atoms with Crippen molar-refractivity contribution in [2.45, 2.75) is 55.3 Å². The van der Waals surface area contributed by atoms with E-state index in [0.717, 1.165) is 22.3 Å². The molecule has 2 heterocycles. The standard InChI is InChI=1S/C20H23N3O2S2/c1-5-16-12(3)27-20-18(16)19(21-13(4)22-20)26-10-17(25)23-15-8-6-14(7-9-15)11(2)24/h6-9,12,16H,5,10H2,1-4H3,(H,23,25)/t12-,16-/m1/s1. The van der Waals surface area contributed by atoms with Crippen LogP contribution in [0.4, 0.5) is 5.69 Å². The van der Waals surface area contributed by atoms with Crippen molar-refractivity contribution >= 4 is 40.9 Å². The van der Waals surface area contributed by atoms with E-state index in [1.54, 1.807) is 36.0 Å². The van der Waals surface area contributed by atoms with E-state index in [2.05, 4.69) is 29.1 Å². The normalized spacial score (nSPS) is 18.2. The first-order valence-corrected chi connectivity index (χ1v) is 10.8. The average molecular weight is 402 g/mol. The second-order valence-electron chi connectivity index (χ2n) is 6.60. The number of fused-ring (bicyclic) bond motifs is 1. The van der Waals surface area contributed by atoms with Gasteiger partial charge in [0.15, 0.2) is 5.78 Å². The minimum Gasteiger partial charge on any atom is -0.325 e. The maximum absolute atomic E-state index is 12.4. The fourth-order valence-electron chi connectivity index (χ4n) is 3.20. The molecule has 142 valence electrons. The summed E-state index contributed by atoms with van der Waals surface area (Å²) in [7, 11) is 0. The average Bonchev–Trinajstić information content (AvgIpc) is 2.94. The highest BCUT2D eigenvalue weighted by atomic mass is 32.2. The Balaban J connectivity index is 1.68. The molecule has 2 aromatic rings. The topological polar surface area (TPSA) is 72.0 Å². The van der Waals surface area contributed by atoms with Gasteiger partial charge in [0.05, 0.1) is 5.75 Å². The van der Waals surface area contributed by atoms with E-state index in [1.165, 1.54) is 24.2 Å². The Morgan fingerprint density at radius 1 is 1.22 bits per heavy atom. The van der Waals surface area contributed by atoms with Crippen molar-refractivity contribution in [1.82, 2.24) is 9.97 Å². The summed E-state index contributed by atoms with van der Waals surface area (Å²) in [5, 5.41) is 5.34. The van der Waals surface area contributed by atoms with Crippen LogP contribution in [0.1, 0.15) is 54.9 Å². The number of carbonyl (C=O) groups is 2. The number of hydrogen-bond acceptors (Lipinski definition) is 6. The molecular formula is C20H23N3O2S2. The van der Waals surface area contributed by atoms with Crippen LogP contribution in [0.25, 0.3) is 0 Å². The maximum atomic E-state index is 12.4. The number of hydrogen-bond donors (Lipinski definition) is 1. The number of aromatic nitrogens is 2. The lowest BCUT2D eigenvalue weighted by molar-refractivity contribution is -0.113. The van der Waals surface area contributed by atoms with E-state index in [9.17, 15) is 9.59 Å². The number of anilines is 1. The summed E-state index contributed by atoms with van der Waals surface area (Å²) >= 11 is 3.27. The maximum Gasteiger partial charge on any atom is 0.234 e. The number of rotatable bonds is 6. The Hall–Kier alpha value is -1.86. The van der Waals surface area contributed by atoms with Gasteiger partial charge in [-0.05, 0) is 44.5 Å². The molecule has 1 aromatic carbocycles. The van der Waals surface area contributed by atoms with Crippen LogP contribution in [-0.2, 0) is 4.79 Å². The Bertz CT molecular complexity index is 868. The van der Waals surface area contributed by atoms with Crippen molar-refractivity contribution in [3.8, 4) is 0 Å². The van der Waals surface area contributed by atoms with Crippen LogP contribution < -0.4 is 5.32 Å². The molecular weight excluding hydrogens is 378 g/mol. The largest absolute Gasteiger partial charge is 0.325 e. The third-order valence-electron chi connectivity index (χ3n) is 4.58. The van der Waals surface area contributed by atoms with Crippen molar-refractivity contribution in [1.29, 1.82) is 0 Å². The summed E-state index contributed by atoms with van der Waals surface area (Å²) in [6, 6.07) is 6.93. The molecule has 1 amide bonds. The molecule has 0 unspecified atom stereocenters. The van der Waals surface area contributed by atoms with Crippen molar-refractivity contribution < 1.29 is 9.59 Å². The zero-order valence-electron chi connectivity index (χ0n) is 15.9. The van der Waals surface area contributed by atoms with Crippen molar-refractivity contribution in [2.75, 3.05) is 11.1 Å². The number of nitrogens with one attached hydrogen (secondary N) is 1. The van der Waals surface area contributed by atoms with Crippen molar-refractivity contribution in [2.24, 2.45) is 0 Å². The van der Waals surface area contributed by atoms with Gasteiger partial charge < -0.3 is 5.32 Å². The number of thioether (sulfide) groups is 2. The molecule has 1 N–H and O–H groups in total. The van der Waals surface area contributed by atoms with E-state index in [1.807, 2.05) is 6.92 Å². The molecule has 2 atom stereocenters. The molecule has 5 nitrogen and oxygen atoms in total. The highest BCUT2D eigenvalue weighted by molar-refractivity contribution is 8.01. The van der Waals surface area contributed by atoms with Gasteiger partial charge in [-0.15, -0.1) is 11.8 Å². The van der Waals surface area contributed by atoms with E-state index in [4.69, 9.17) is 0 Å². The smallest absolute Gasteiger partial charge is 0.234 e. The second kappa shape index (κ2) is 8.44. The lowest BCUT2D eigenvalue weighted by atomic mass is 9.96. The summed E-state index contributed by atoms with van der Waals surface area (Å²) in [4.78, 5) is 32.9. The zero-order valence-corrected chi connectivity index (χ0v) is 17.5. The van der Waals surface area contributed by atoms with Crippen LogP contribution in [0.15, 0.2) is 34.3 Å². The SMILES string of the molecule is CC[C@H]1c2c(SCC(=O)Nc3ccc(C(C)=O)cc3)nc(C)nc2S[C@@H]1C. The van der Waals surface area contributed by atoms with Gasteiger partial charge in [0, 0.05) is 28.0 Å². The Morgan fingerprint density at radius 2 is 1.93 bits per heavy atom. The molecule has 1 aromatic heterocycles. The second-order valence-corrected chi connectivity index (χ2v) is 8.93. The van der Waals surface area contributed by atoms with Gasteiger partial charge in [0.1, 0.15) is 15.9 Å².